The van der Waals surface area contributed by atoms with Gasteiger partial charge in [-0.1, -0.05) is 90.4 Å². The van der Waals surface area contributed by atoms with Crippen LogP contribution in [0.15, 0.2) is 0 Å². The van der Waals surface area contributed by atoms with Crippen LogP contribution in [0.4, 0.5) is 0 Å². The van der Waals surface area contributed by atoms with Gasteiger partial charge in [-0.3, -0.25) is 0 Å². The van der Waals surface area contributed by atoms with Gasteiger partial charge < -0.3 is 10.2 Å². The van der Waals surface area contributed by atoms with Crippen LogP contribution in [0.5, 0.6) is 0 Å². The maximum Gasteiger partial charge on any atom is 0.151 e. The van der Waals surface area contributed by atoms with Gasteiger partial charge in [-0.2, -0.15) is 0 Å². The molecule has 0 saturated heterocycles. The fourth-order valence-corrected chi connectivity index (χ4v) is 2.52. The average Bonchev–Trinajstić information content (AvgIpc) is 2.39. The minimum atomic E-state index is -1.10. The molecule has 2 heteroatoms. The highest BCUT2D eigenvalue weighted by molar-refractivity contribution is 4.49. The Morgan fingerprint density at radius 2 is 0.842 bits per heavy atom. The molecule has 116 valence electrons. The molecule has 0 aromatic rings. The van der Waals surface area contributed by atoms with Crippen molar-refractivity contribution in [1.29, 1.82) is 0 Å². The smallest absolute Gasteiger partial charge is 0.151 e. The molecular formula is C17H36O2. The molecule has 0 fully saturated rings. The Labute approximate surface area is 120 Å². The van der Waals surface area contributed by atoms with Crippen molar-refractivity contribution in [3.8, 4) is 0 Å². The lowest BCUT2D eigenvalue weighted by molar-refractivity contribution is -0.0466. The Morgan fingerprint density at radius 1 is 0.526 bits per heavy atom. The first-order chi connectivity index (χ1) is 9.27. The maximum absolute atomic E-state index is 8.70. The van der Waals surface area contributed by atoms with Gasteiger partial charge in [0, 0.05) is 0 Å². The van der Waals surface area contributed by atoms with Crippen LogP contribution >= 0.6 is 0 Å². The van der Waals surface area contributed by atoms with Crippen LogP contribution in [0.25, 0.3) is 0 Å². The molecule has 0 unspecified atom stereocenters. The molecule has 0 aliphatic carbocycles. The quantitative estimate of drug-likeness (QED) is 0.319. The molecule has 2 N–H and O–H groups in total. The summed E-state index contributed by atoms with van der Waals surface area (Å²) in [5, 5.41) is 17.4. The molecule has 0 heterocycles. The third-order valence-electron chi connectivity index (χ3n) is 3.82. The van der Waals surface area contributed by atoms with Crippen LogP contribution in [0.1, 0.15) is 103 Å². The Bertz CT molecular complexity index is 157. The standard InChI is InChI=1S/C17H36O2/c1-2-3-4-5-6-7-8-9-10-11-12-13-14-15-16-17(18)19/h17-19H,2-16H2,1H3. The molecule has 0 aromatic carbocycles. The second-order valence-electron chi connectivity index (χ2n) is 5.87. The third-order valence-corrected chi connectivity index (χ3v) is 3.82. The highest BCUT2D eigenvalue weighted by atomic mass is 16.5. The first-order valence-electron chi connectivity index (χ1n) is 8.63. The zero-order valence-electron chi connectivity index (χ0n) is 13.1. The molecule has 0 amide bonds. The van der Waals surface area contributed by atoms with E-state index >= 15 is 0 Å². The van der Waals surface area contributed by atoms with Crippen LogP contribution in [-0.2, 0) is 0 Å². The second kappa shape index (κ2) is 16.0. The van der Waals surface area contributed by atoms with E-state index in [1.54, 1.807) is 0 Å². The molecule has 0 aromatic heterocycles. The third kappa shape index (κ3) is 17.9. The van der Waals surface area contributed by atoms with Gasteiger partial charge >= 0.3 is 0 Å². The number of unbranched alkanes of at least 4 members (excludes halogenated alkanes) is 13. The summed E-state index contributed by atoms with van der Waals surface area (Å²) in [4.78, 5) is 0. The Kier molecular flexibility index (Phi) is 15.9. The van der Waals surface area contributed by atoms with Crippen molar-refractivity contribution in [2.45, 2.75) is 110 Å². The van der Waals surface area contributed by atoms with Gasteiger partial charge in [0.25, 0.3) is 0 Å². The first-order valence-corrected chi connectivity index (χ1v) is 8.63. The summed E-state index contributed by atoms with van der Waals surface area (Å²) in [6.45, 7) is 2.27. The number of aliphatic hydroxyl groups is 2. The normalized spacial score (nSPS) is 11.4. The lowest BCUT2D eigenvalue weighted by Crippen LogP contribution is -2.02. The van der Waals surface area contributed by atoms with Gasteiger partial charge in [-0.15, -0.1) is 0 Å². The van der Waals surface area contributed by atoms with E-state index in [0.717, 1.165) is 12.8 Å². The number of hydrogen-bond donors (Lipinski definition) is 2. The van der Waals surface area contributed by atoms with Gasteiger partial charge in [0.1, 0.15) is 0 Å². The Balaban J connectivity index is 2.91. The number of hydrogen-bond acceptors (Lipinski definition) is 2. The second-order valence-corrected chi connectivity index (χ2v) is 5.87. The van der Waals surface area contributed by atoms with Crippen LogP contribution in [0.2, 0.25) is 0 Å². The van der Waals surface area contributed by atoms with E-state index in [1.807, 2.05) is 0 Å². The van der Waals surface area contributed by atoms with E-state index in [-0.39, 0.29) is 0 Å². The zero-order chi connectivity index (χ0) is 14.2. The molecule has 19 heavy (non-hydrogen) atoms. The van der Waals surface area contributed by atoms with Crippen molar-refractivity contribution in [3.05, 3.63) is 0 Å². The summed E-state index contributed by atoms with van der Waals surface area (Å²) in [5.74, 6) is 0. The van der Waals surface area contributed by atoms with Crippen LogP contribution in [0.3, 0.4) is 0 Å². The number of rotatable bonds is 15. The van der Waals surface area contributed by atoms with E-state index in [9.17, 15) is 0 Å². The molecule has 0 radical (unpaired) electrons. The van der Waals surface area contributed by atoms with E-state index in [2.05, 4.69) is 6.92 Å². The van der Waals surface area contributed by atoms with Crippen LogP contribution in [0, 0.1) is 0 Å². The SMILES string of the molecule is CCCCCCCCCCCCCCCCC(O)O. The fraction of sp³-hybridized carbons (Fsp3) is 1.00. The molecule has 0 aliphatic heterocycles. The summed E-state index contributed by atoms with van der Waals surface area (Å²) in [6.07, 6.45) is 18.2. The van der Waals surface area contributed by atoms with E-state index in [0.29, 0.717) is 6.42 Å². The minimum absolute atomic E-state index is 0.540. The highest BCUT2D eigenvalue weighted by Crippen LogP contribution is 2.13. The lowest BCUT2D eigenvalue weighted by atomic mass is 10.0. The van der Waals surface area contributed by atoms with Crippen molar-refractivity contribution in [3.63, 3.8) is 0 Å². The zero-order valence-corrected chi connectivity index (χ0v) is 13.1. The lowest BCUT2D eigenvalue weighted by Gasteiger charge is -2.04. The molecule has 0 saturated carbocycles. The maximum atomic E-state index is 8.70. The summed E-state index contributed by atoms with van der Waals surface area (Å²) in [6, 6.07) is 0. The van der Waals surface area contributed by atoms with Crippen molar-refractivity contribution in [2.75, 3.05) is 0 Å². The summed E-state index contributed by atoms with van der Waals surface area (Å²) in [5.41, 5.74) is 0. The number of aliphatic hydroxyl groups excluding tert-OH is 1. The Hall–Kier alpha value is -0.0800. The molecule has 2 nitrogen and oxygen atoms in total. The molecule has 0 rings (SSSR count). The average molecular weight is 272 g/mol. The van der Waals surface area contributed by atoms with Crippen molar-refractivity contribution in [2.24, 2.45) is 0 Å². The Morgan fingerprint density at radius 3 is 1.16 bits per heavy atom. The van der Waals surface area contributed by atoms with Crippen molar-refractivity contribution < 1.29 is 10.2 Å². The summed E-state index contributed by atoms with van der Waals surface area (Å²) < 4.78 is 0. The fourth-order valence-electron chi connectivity index (χ4n) is 2.52. The van der Waals surface area contributed by atoms with Crippen LogP contribution < -0.4 is 0 Å². The predicted octanol–water partition coefficient (Wildman–Crippen LogP) is 5.17. The molecule has 0 aliphatic rings. The van der Waals surface area contributed by atoms with Gasteiger partial charge in [-0.25, -0.2) is 0 Å². The largest absolute Gasteiger partial charge is 0.368 e. The minimum Gasteiger partial charge on any atom is -0.368 e. The highest BCUT2D eigenvalue weighted by Gasteiger charge is 1.97. The van der Waals surface area contributed by atoms with E-state index < -0.39 is 6.29 Å². The summed E-state index contributed by atoms with van der Waals surface area (Å²) in [7, 11) is 0. The molecule has 0 bridgehead atoms. The van der Waals surface area contributed by atoms with E-state index in [4.69, 9.17) is 10.2 Å². The van der Waals surface area contributed by atoms with Gasteiger partial charge in [0.05, 0.1) is 0 Å². The first kappa shape index (κ1) is 18.9. The van der Waals surface area contributed by atoms with Gasteiger partial charge in [-0.05, 0) is 12.8 Å². The summed E-state index contributed by atoms with van der Waals surface area (Å²) >= 11 is 0. The van der Waals surface area contributed by atoms with Crippen LogP contribution in [-0.4, -0.2) is 16.5 Å². The topological polar surface area (TPSA) is 40.5 Å². The van der Waals surface area contributed by atoms with Gasteiger partial charge in [0.15, 0.2) is 6.29 Å². The van der Waals surface area contributed by atoms with Crippen molar-refractivity contribution >= 4 is 0 Å². The van der Waals surface area contributed by atoms with Crippen molar-refractivity contribution in [1.82, 2.24) is 0 Å². The molecular weight excluding hydrogens is 236 g/mol. The predicted molar refractivity (Wildman–Crippen MR) is 83.2 cm³/mol. The molecule has 0 atom stereocenters. The van der Waals surface area contributed by atoms with E-state index in [1.165, 1.54) is 77.0 Å². The monoisotopic (exact) mass is 272 g/mol. The molecule has 0 spiro atoms. The van der Waals surface area contributed by atoms with Gasteiger partial charge in [0.2, 0.25) is 0 Å².